The molecule has 0 saturated carbocycles. The number of benzene rings is 1. The van der Waals surface area contributed by atoms with Gasteiger partial charge in [0.25, 0.3) is 5.91 Å². The Balaban J connectivity index is 1.83. The normalized spacial score (nSPS) is 10.0. The van der Waals surface area contributed by atoms with E-state index in [2.05, 4.69) is 15.3 Å². The lowest BCUT2D eigenvalue weighted by molar-refractivity contribution is 0.102. The summed E-state index contributed by atoms with van der Waals surface area (Å²) >= 11 is 0. The van der Waals surface area contributed by atoms with Crippen molar-refractivity contribution in [1.82, 2.24) is 9.97 Å². The Kier molecular flexibility index (Phi) is 3.27. The Bertz CT molecular complexity index is 850. The van der Waals surface area contributed by atoms with Gasteiger partial charge in [-0.15, -0.1) is 0 Å². The molecule has 2 heterocycles. The molecule has 0 aliphatic rings. The number of pyridine rings is 2. The molecule has 0 aliphatic carbocycles. The van der Waals surface area contributed by atoms with Gasteiger partial charge in [-0.1, -0.05) is 12.1 Å². The Labute approximate surface area is 120 Å². The number of nitrogens with zero attached hydrogens (tertiary/aromatic N) is 3. The van der Waals surface area contributed by atoms with Crippen LogP contribution in [0.25, 0.3) is 10.9 Å². The van der Waals surface area contributed by atoms with E-state index in [-0.39, 0.29) is 11.6 Å². The molecule has 0 atom stereocenters. The van der Waals surface area contributed by atoms with Crippen LogP contribution in [0.1, 0.15) is 16.1 Å². The van der Waals surface area contributed by atoms with Crippen LogP contribution in [0.4, 0.5) is 5.69 Å². The van der Waals surface area contributed by atoms with Gasteiger partial charge in [-0.25, -0.2) is 4.98 Å². The second-order valence-electron chi connectivity index (χ2n) is 4.41. The summed E-state index contributed by atoms with van der Waals surface area (Å²) in [5, 5.41) is 12.5. The first kappa shape index (κ1) is 12.8. The van der Waals surface area contributed by atoms with Crippen LogP contribution in [0.5, 0.6) is 0 Å². The third-order valence-corrected chi connectivity index (χ3v) is 3.00. The molecule has 0 aliphatic heterocycles. The number of nitriles is 1. The SMILES string of the molecule is N#Cc1ccc(C(=O)Nc2ccc3cccnc3c2)cn1. The van der Waals surface area contributed by atoms with Crippen molar-refractivity contribution in [3.8, 4) is 6.07 Å². The summed E-state index contributed by atoms with van der Waals surface area (Å²) in [6.07, 6.45) is 3.09. The zero-order valence-electron chi connectivity index (χ0n) is 10.9. The van der Waals surface area contributed by atoms with Gasteiger partial charge in [0.1, 0.15) is 11.8 Å². The van der Waals surface area contributed by atoms with E-state index in [0.717, 1.165) is 10.9 Å². The van der Waals surface area contributed by atoms with Crippen LogP contribution in [0, 0.1) is 11.3 Å². The number of anilines is 1. The molecule has 3 aromatic rings. The molecule has 0 bridgehead atoms. The van der Waals surface area contributed by atoms with Crippen LogP contribution >= 0.6 is 0 Å². The largest absolute Gasteiger partial charge is 0.322 e. The van der Waals surface area contributed by atoms with E-state index in [4.69, 9.17) is 5.26 Å². The summed E-state index contributed by atoms with van der Waals surface area (Å²) in [6, 6.07) is 14.3. The molecule has 5 nitrogen and oxygen atoms in total. The Morgan fingerprint density at radius 3 is 2.81 bits per heavy atom. The highest BCUT2D eigenvalue weighted by Gasteiger charge is 2.07. The van der Waals surface area contributed by atoms with Gasteiger partial charge >= 0.3 is 0 Å². The van der Waals surface area contributed by atoms with Crippen molar-refractivity contribution in [2.45, 2.75) is 0 Å². The fraction of sp³-hybridized carbons (Fsp3) is 0. The van der Waals surface area contributed by atoms with Crippen molar-refractivity contribution in [2.75, 3.05) is 5.32 Å². The molecular weight excluding hydrogens is 264 g/mol. The van der Waals surface area contributed by atoms with E-state index in [1.54, 1.807) is 12.3 Å². The molecule has 21 heavy (non-hydrogen) atoms. The van der Waals surface area contributed by atoms with Gasteiger partial charge in [0.2, 0.25) is 0 Å². The molecule has 0 saturated heterocycles. The van der Waals surface area contributed by atoms with Crippen LogP contribution in [0.15, 0.2) is 54.9 Å². The zero-order valence-corrected chi connectivity index (χ0v) is 10.9. The summed E-state index contributed by atoms with van der Waals surface area (Å²) < 4.78 is 0. The first-order valence-electron chi connectivity index (χ1n) is 6.28. The molecule has 3 rings (SSSR count). The van der Waals surface area contributed by atoms with E-state index in [0.29, 0.717) is 11.3 Å². The quantitative estimate of drug-likeness (QED) is 0.779. The average Bonchev–Trinajstić information content (AvgIpc) is 2.55. The molecule has 1 N–H and O–H groups in total. The van der Waals surface area contributed by atoms with Crippen LogP contribution in [0.3, 0.4) is 0 Å². The van der Waals surface area contributed by atoms with Gasteiger partial charge in [-0.2, -0.15) is 5.26 Å². The Morgan fingerprint density at radius 2 is 2.05 bits per heavy atom. The fourth-order valence-electron chi connectivity index (χ4n) is 1.94. The summed E-state index contributed by atoms with van der Waals surface area (Å²) in [4.78, 5) is 20.2. The number of nitrogens with one attached hydrogen (secondary N) is 1. The van der Waals surface area contributed by atoms with Crippen molar-refractivity contribution >= 4 is 22.5 Å². The third kappa shape index (κ3) is 2.69. The van der Waals surface area contributed by atoms with Gasteiger partial charge in [0.15, 0.2) is 0 Å². The number of fused-ring (bicyclic) bond motifs is 1. The van der Waals surface area contributed by atoms with Crippen molar-refractivity contribution in [3.05, 3.63) is 66.1 Å². The number of amides is 1. The maximum absolute atomic E-state index is 12.1. The van der Waals surface area contributed by atoms with E-state index in [1.807, 2.05) is 36.4 Å². The summed E-state index contributed by atoms with van der Waals surface area (Å²) in [5.74, 6) is -0.276. The second kappa shape index (κ2) is 5.39. The minimum absolute atomic E-state index is 0.276. The van der Waals surface area contributed by atoms with E-state index >= 15 is 0 Å². The van der Waals surface area contributed by atoms with Crippen molar-refractivity contribution in [2.24, 2.45) is 0 Å². The summed E-state index contributed by atoms with van der Waals surface area (Å²) in [6.45, 7) is 0. The topological polar surface area (TPSA) is 78.7 Å². The first-order chi connectivity index (χ1) is 10.3. The van der Waals surface area contributed by atoms with Crippen molar-refractivity contribution < 1.29 is 4.79 Å². The van der Waals surface area contributed by atoms with Crippen LogP contribution in [-0.4, -0.2) is 15.9 Å². The lowest BCUT2D eigenvalue weighted by atomic mass is 10.2. The minimum atomic E-state index is -0.276. The van der Waals surface area contributed by atoms with Gasteiger partial charge in [-0.3, -0.25) is 9.78 Å². The first-order valence-corrected chi connectivity index (χ1v) is 6.28. The fourth-order valence-corrected chi connectivity index (χ4v) is 1.94. The highest BCUT2D eigenvalue weighted by molar-refractivity contribution is 6.04. The van der Waals surface area contributed by atoms with E-state index in [1.165, 1.54) is 12.3 Å². The number of carbonyl (C=O) groups excluding carboxylic acids is 1. The molecule has 1 aromatic carbocycles. The van der Waals surface area contributed by atoms with Gasteiger partial charge in [0.05, 0.1) is 11.1 Å². The molecule has 0 unspecified atom stereocenters. The lowest BCUT2D eigenvalue weighted by Gasteiger charge is -2.06. The van der Waals surface area contributed by atoms with Crippen molar-refractivity contribution in [1.29, 1.82) is 5.26 Å². The maximum atomic E-state index is 12.1. The Hall–Kier alpha value is -3.26. The Morgan fingerprint density at radius 1 is 1.14 bits per heavy atom. The van der Waals surface area contributed by atoms with Crippen LogP contribution in [0.2, 0.25) is 0 Å². The van der Waals surface area contributed by atoms with Gasteiger partial charge in [-0.05, 0) is 30.3 Å². The van der Waals surface area contributed by atoms with Gasteiger partial charge < -0.3 is 5.32 Å². The highest BCUT2D eigenvalue weighted by atomic mass is 16.1. The number of carbonyl (C=O) groups is 1. The smallest absolute Gasteiger partial charge is 0.257 e. The second-order valence-corrected chi connectivity index (χ2v) is 4.41. The highest BCUT2D eigenvalue weighted by Crippen LogP contribution is 2.17. The number of hydrogen-bond donors (Lipinski definition) is 1. The minimum Gasteiger partial charge on any atom is -0.322 e. The molecule has 2 aromatic heterocycles. The van der Waals surface area contributed by atoms with Crippen molar-refractivity contribution in [3.63, 3.8) is 0 Å². The molecule has 0 fully saturated rings. The van der Waals surface area contributed by atoms with Crippen LogP contribution < -0.4 is 5.32 Å². The predicted octanol–water partition coefficient (Wildman–Crippen LogP) is 2.75. The summed E-state index contributed by atoms with van der Waals surface area (Å²) in [7, 11) is 0. The standard InChI is InChI=1S/C16H10N4O/c17-9-14-6-4-12(10-19-14)16(21)20-13-5-3-11-2-1-7-18-15(11)8-13/h1-8,10H,(H,20,21). The molecule has 0 spiro atoms. The summed E-state index contributed by atoms with van der Waals surface area (Å²) in [5.41, 5.74) is 2.15. The van der Waals surface area contributed by atoms with E-state index < -0.39 is 0 Å². The van der Waals surface area contributed by atoms with E-state index in [9.17, 15) is 4.79 Å². The molecule has 0 radical (unpaired) electrons. The monoisotopic (exact) mass is 274 g/mol. The molecular formula is C16H10N4O. The third-order valence-electron chi connectivity index (χ3n) is 3.00. The predicted molar refractivity (Wildman–Crippen MR) is 78.6 cm³/mol. The van der Waals surface area contributed by atoms with Gasteiger partial charge in [0, 0.05) is 23.5 Å². The molecule has 1 amide bonds. The lowest BCUT2D eigenvalue weighted by Crippen LogP contribution is -2.12. The average molecular weight is 274 g/mol. The van der Waals surface area contributed by atoms with Crippen LogP contribution in [-0.2, 0) is 0 Å². The number of aromatic nitrogens is 2. The molecule has 5 heteroatoms. The molecule has 100 valence electrons. The maximum Gasteiger partial charge on any atom is 0.257 e. The number of hydrogen-bond acceptors (Lipinski definition) is 4. The number of rotatable bonds is 2. The zero-order chi connectivity index (χ0) is 14.7.